The van der Waals surface area contributed by atoms with Crippen LogP contribution >= 0.6 is 0 Å². The van der Waals surface area contributed by atoms with Gasteiger partial charge in [-0.25, -0.2) is 4.39 Å². The van der Waals surface area contributed by atoms with Gasteiger partial charge in [0.2, 0.25) is 11.8 Å². The lowest BCUT2D eigenvalue weighted by atomic mass is 9.78. The minimum Gasteiger partial charge on any atom is -0.393 e. The van der Waals surface area contributed by atoms with Crippen LogP contribution in [0.4, 0.5) is 30.7 Å². The standard InChI is InChI=1S/C28H31F7N2O3/c1-15-9-21(29)5-6-22(15)24-14-37(25(39)10-16(2)38)8-7-23(24)26(40)36(4)17(3)18-11-19(27(30,31)32)13-20(12-18)28(33,34)35/h5-6,9,11-13,16-17,23-24,38H,7-8,10,14H2,1-4H3/t16-,17+,23-,24+/m0/s1. The van der Waals surface area contributed by atoms with Crippen LogP contribution in [0.25, 0.3) is 0 Å². The number of carbonyl (C=O) groups is 2. The summed E-state index contributed by atoms with van der Waals surface area (Å²) in [6.45, 7) is 4.67. The maximum Gasteiger partial charge on any atom is 0.416 e. The molecule has 2 amide bonds. The molecule has 0 radical (unpaired) electrons. The number of likely N-dealkylation sites (tertiary alicyclic amines) is 1. The topological polar surface area (TPSA) is 60.9 Å². The molecule has 0 saturated carbocycles. The summed E-state index contributed by atoms with van der Waals surface area (Å²) in [6, 6.07) is 4.08. The first-order valence-corrected chi connectivity index (χ1v) is 12.7. The van der Waals surface area contributed by atoms with Gasteiger partial charge in [0.1, 0.15) is 5.82 Å². The van der Waals surface area contributed by atoms with Gasteiger partial charge < -0.3 is 14.9 Å². The number of piperidine rings is 1. The third-order valence-electron chi connectivity index (χ3n) is 7.41. The fourth-order valence-corrected chi connectivity index (χ4v) is 5.12. The Hall–Kier alpha value is -3.15. The quantitative estimate of drug-likeness (QED) is 0.424. The van der Waals surface area contributed by atoms with Crippen molar-refractivity contribution in [3.05, 3.63) is 70.0 Å². The Morgan fingerprint density at radius 1 is 1.02 bits per heavy atom. The van der Waals surface area contributed by atoms with Crippen molar-refractivity contribution in [3.8, 4) is 0 Å². The van der Waals surface area contributed by atoms with Gasteiger partial charge in [-0.1, -0.05) is 6.07 Å². The summed E-state index contributed by atoms with van der Waals surface area (Å²) in [5.74, 6) is -2.79. The Balaban J connectivity index is 1.97. The number of hydrogen-bond acceptors (Lipinski definition) is 3. The second kappa shape index (κ2) is 11.8. The second-order valence-electron chi connectivity index (χ2n) is 10.4. The van der Waals surface area contributed by atoms with Crippen LogP contribution in [0.1, 0.15) is 66.5 Å². The van der Waals surface area contributed by atoms with Crippen molar-refractivity contribution in [1.82, 2.24) is 9.80 Å². The molecule has 1 aliphatic heterocycles. The molecule has 5 nitrogen and oxygen atoms in total. The maximum absolute atomic E-state index is 13.8. The molecule has 1 fully saturated rings. The number of halogens is 7. The predicted molar refractivity (Wildman–Crippen MR) is 132 cm³/mol. The van der Waals surface area contributed by atoms with Crippen molar-refractivity contribution >= 4 is 11.8 Å². The molecule has 1 N–H and O–H groups in total. The zero-order valence-electron chi connectivity index (χ0n) is 22.4. The Morgan fingerprint density at radius 2 is 1.60 bits per heavy atom. The van der Waals surface area contributed by atoms with Gasteiger partial charge in [-0.15, -0.1) is 0 Å². The molecule has 0 bridgehead atoms. The van der Waals surface area contributed by atoms with Crippen molar-refractivity contribution in [2.24, 2.45) is 5.92 Å². The van der Waals surface area contributed by atoms with E-state index in [4.69, 9.17) is 0 Å². The van der Waals surface area contributed by atoms with Gasteiger partial charge in [-0.05, 0) is 74.2 Å². The van der Waals surface area contributed by atoms with E-state index in [2.05, 4.69) is 0 Å². The summed E-state index contributed by atoms with van der Waals surface area (Å²) in [5.41, 5.74) is -2.17. The molecule has 0 spiro atoms. The highest BCUT2D eigenvalue weighted by atomic mass is 19.4. The molecule has 4 atom stereocenters. The van der Waals surface area contributed by atoms with Crippen molar-refractivity contribution in [2.45, 2.75) is 64.0 Å². The molecule has 12 heteroatoms. The largest absolute Gasteiger partial charge is 0.416 e. The number of rotatable bonds is 6. The number of nitrogens with zero attached hydrogens (tertiary/aromatic N) is 2. The zero-order valence-corrected chi connectivity index (χ0v) is 22.4. The molecule has 2 aromatic carbocycles. The summed E-state index contributed by atoms with van der Waals surface area (Å²) >= 11 is 0. The van der Waals surface area contributed by atoms with E-state index in [0.29, 0.717) is 23.3 Å². The lowest BCUT2D eigenvalue weighted by Crippen LogP contribution is -2.48. The van der Waals surface area contributed by atoms with Gasteiger partial charge in [-0.2, -0.15) is 26.3 Å². The van der Waals surface area contributed by atoms with E-state index in [1.807, 2.05) is 0 Å². The van der Waals surface area contributed by atoms with Crippen molar-refractivity contribution in [2.75, 3.05) is 20.1 Å². The number of carbonyl (C=O) groups excluding carboxylic acids is 2. The first-order chi connectivity index (χ1) is 18.4. The van der Waals surface area contributed by atoms with E-state index < -0.39 is 59.2 Å². The van der Waals surface area contributed by atoms with Crippen LogP contribution in [0.15, 0.2) is 36.4 Å². The van der Waals surface area contributed by atoms with Gasteiger partial charge in [0.05, 0.1) is 29.7 Å². The molecule has 220 valence electrons. The van der Waals surface area contributed by atoms with Crippen LogP contribution < -0.4 is 0 Å². The first kappa shape index (κ1) is 31.4. The van der Waals surface area contributed by atoms with Crippen molar-refractivity contribution in [1.29, 1.82) is 0 Å². The zero-order chi connectivity index (χ0) is 30.2. The van der Waals surface area contributed by atoms with E-state index in [9.17, 15) is 45.4 Å². The summed E-state index contributed by atoms with van der Waals surface area (Å²) in [4.78, 5) is 29.0. The van der Waals surface area contributed by atoms with Crippen LogP contribution in [0.2, 0.25) is 0 Å². The highest BCUT2D eigenvalue weighted by Crippen LogP contribution is 2.40. The lowest BCUT2D eigenvalue weighted by molar-refractivity contribution is -0.144. The summed E-state index contributed by atoms with van der Waals surface area (Å²) < 4.78 is 94.3. The van der Waals surface area contributed by atoms with Gasteiger partial charge >= 0.3 is 12.4 Å². The van der Waals surface area contributed by atoms with Crippen molar-refractivity contribution in [3.63, 3.8) is 0 Å². The van der Waals surface area contributed by atoms with E-state index in [1.54, 1.807) is 6.92 Å². The number of aliphatic hydroxyl groups excluding tert-OH is 1. The number of benzene rings is 2. The number of amides is 2. The number of aliphatic hydroxyl groups is 1. The van der Waals surface area contributed by atoms with E-state index in [1.165, 1.54) is 44.0 Å². The average molecular weight is 577 g/mol. The smallest absolute Gasteiger partial charge is 0.393 e. The Kier molecular flexibility index (Phi) is 9.22. The summed E-state index contributed by atoms with van der Waals surface area (Å²) in [6.07, 6.45) is -10.9. The van der Waals surface area contributed by atoms with Gasteiger partial charge in [0.15, 0.2) is 0 Å². The van der Waals surface area contributed by atoms with Crippen LogP contribution in [0, 0.1) is 18.7 Å². The first-order valence-electron chi connectivity index (χ1n) is 12.7. The van der Waals surface area contributed by atoms with E-state index >= 15 is 0 Å². The van der Waals surface area contributed by atoms with Crippen LogP contribution in [-0.2, 0) is 21.9 Å². The molecule has 0 aliphatic carbocycles. The molecule has 0 aromatic heterocycles. The molecule has 40 heavy (non-hydrogen) atoms. The molecule has 3 rings (SSSR count). The Labute approximate surface area is 227 Å². The molecule has 1 heterocycles. The SMILES string of the molecule is Cc1cc(F)ccc1[C@H]1CN(C(=O)C[C@H](C)O)CC[C@@H]1C(=O)N(C)[C@H](C)c1cc(C(F)(F)F)cc(C(F)(F)F)c1. The van der Waals surface area contributed by atoms with Crippen LogP contribution in [0.3, 0.4) is 0 Å². The molecular formula is C28H31F7N2O3. The third-order valence-corrected chi connectivity index (χ3v) is 7.41. The minimum atomic E-state index is -5.03. The predicted octanol–water partition coefficient (Wildman–Crippen LogP) is 6.09. The van der Waals surface area contributed by atoms with Crippen LogP contribution in [0.5, 0.6) is 0 Å². The summed E-state index contributed by atoms with van der Waals surface area (Å²) in [7, 11) is 1.31. The number of hydrogen-bond donors (Lipinski definition) is 1. The van der Waals surface area contributed by atoms with E-state index in [-0.39, 0.29) is 43.5 Å². The van der Waals surface area contributed by atoms with Crippen LogP contribution in [-0.4, -0.2) is 53.0 Å². The molecule has 1 saturated heterocycles. The fraction of sp³-hybridized carbons (Fsp3) is 0.500. The monoisotopic (exact) mass is 576 g/mol. The maximum atomic E-state index is 13.8. The summed E-state index contributed by atoms with van der Waals surface area (Å²) in [5, 5.41) is 9.64. The highest BCUT2D eigenvalue weighted by Gasteiger charge is 2.41. The van der Waals surface area contributed by atoms with Gasteiger partial charge in [0.25, 0.3) is 0 Å². The molecule has 2 aromatic rings. The highest BCUT2D eigenvalue weighted by molar-refractivity contribution is 5.82. The molecular weight excluding hydrogens is 545 g/mol. The Morgan fingerprint density at radius 3 is 2.10 bits per heavy atom. The normalized spacial score (nSPS) is 19.8. The van der Waals surface area contributed by atoms with Gasteiger partial charge in [0, 0.05) is 32.0 Å². The van der Waals surface area contributed by atoms with E-state index in [0.717, 1.165) is 4.90 Å². The second-order valence-corrected chi connectivity index (χ2v) is 10.4. The minimum absolute atomic E-state index is 0.0331. The van der Waals surface area contributed by atoms with Gasteiger partial charge in [-0.3, -0.25) is 9.59 Å². The molecule has 1 aliphatic rings. The third kappa shape index (κ3) is 7.13. The number of aryl methyl sites for hydroxylation is 1. The average Bonchev–Trinajstić information content (AvgIpc) is 2.85. The number of alkyl halides is 6. The lowest BCUT2D eigenvalue weighted by Gasteiger charge is -2.41. The van der Waals surface area contributed by atoms with Crippen molar-refractivity contribution < 1.29 is 45.4 Å². The Bertz CT molecular complexity index is 1210. The molecule has 0 unspecified atom stereocenters. The fourth-order valence-electron chi connectivity index (χ4n) is 5.12.